The van der Waals surface area contributed by atoms with Crippen LogP contribution in [0.4, 0.5) is 0 Å². The number of carbonyl (C=O) groups is 1. The van der Waals surface area contributed by atoms with Gasteiger partial charge in [0.2, 0.25) is 0 Å². The van der Waals surface area contributed by atoms with Gasteiger partial charge in [-0.05, 0) is 52.7 Å². The van der Waals surface area contributed by atoms with Crippen LogP contribution in [0, 0.1) is 0 Å². The Morgan fingerprint density at radius 2 is 1.63 bits per heavy atom. The van der Waals surface area contributed by atoms with Crippen molar-refractivity contribution in [2.45, 2.75) is 6.04 Å². The zero-order valence-electron chi connectivity index (χ0n) is 16.3. The molecule has 4 rings (SSSR count). The SMILES string of the molecule is COc1ccc(C(=O)N[C@H](c2ccccc2Cl)c2c(O)ccc3ccccc23)cc1. The molecular formula is C25H20ClNO3. The van der Waals surface area contributed by atoms with E-state index in [1.54, 1.807) is 43.5 Å². The third-order valence-electron chi connectivity index (χ3n) is 5.08. The molecule has 30 heavy (non-hydrogen) atoms. The lowest BCUT2D eigenvalue weighted by molar-refractivity contribution is 0.0943. The summed E-state index contributed by atoms with van der Waals surface area (Å²) in [6.45, 7) is 0. The molecule has 0 heterocycles. The smallest absolute Gasteiger partial charge is 0.252 e. The molecule has 0 aliphatic carbocycles. The minimum absolute atomic E-state index is 0.0913. The summed E-state index contributed by atoms with van der Waals surface area (Å²) in [6, 6.07) is 24.7. The van der Waals surface area contributed by atoms with Gasteiger partial charge in [0.25, 0.3) is 5.91 Å². The lowest BCUT2D eigenvalue weighted by Gasteiger charge is -2.23. The second kappa shape index (κ2) is 8.47. The summed E-state index contributed by atoms with van der Waals surface area (Å²) in [6.07, 6.45) is 0. The van der Waals surface area contributed by atoms with Crippen molar-refractivity contribution in [2.24, 2.45) is 0 Å². The number of benzene rings is 4. The second-order valence-electron chi connectivity index (χ2n) is 6.88. The molecule has 1 atom stereocenters. The zero-order valence-corrected chi connectivity index (χ0v) is 17.1. The van der Waals surface area contributed by atoms with Crippen LogP contribution in [0.1, 0.15) is 27.5 Å². The van der Waals surface area contributed by atoms with Crippen molar-refractivity contribution >= 4 is 28.3 Å². The van der Waals surface area contributed by atoms with Gasteiger partial charge in [0.15, 0.2) is 0 Å². The normalized spacial score (nSPS) is 11.8. The Morgan fingerprint density at radius 1 is 0.933 bits per heavy atom. The van der Waals surface area contributed by atoms with Crippen molar-refractivity contribution in [3.8, 4) is 11.5 Å². The maximum Gasteiger partial charge on any atom is 0.252 e. The summed E-state index contributed by atoms with van der Waals surface area (Å²) >= 11 is 6.49. The van der Waals surface area contributed by atoms with E-state index in [0.29, 0.717) is 27.5 Å². The fraction of sp³-hybridized carbons (Fsp3) is 0.0800. The highest BCUT2D eigenvalue weighted by molar-refractivity contribution is 6.31. The van der Waals surface area contributed by atoms with E-state index in [4.69, 9.17) is 16.3 Å². The largest absolute Gasteiger partial charge is 0.508 e. The summed E-state index contributed by atoms with van der Waals surface area (Å²) in [5.41, 5.74) is 1.78. The number of phenols is 1. The molecule has 0 aliphatic heterocycles. The third-order valence-corrected chi connectivity index (χ3v) is 5.42. The standard InChI is InChI=1S/C25H20ClNO3/c1-30-18-13-10-17(11-14-18)25(29)27-24(20-8-4-5-9-21(20)26)23-19-7-3-2-6-16(19)12-15-22(23)28/h2-15,24,28H,1H3,(H,27,29)/t24-/m1/s1. The Hall–Kier alpha value is -3.50. The van der Waals surface area contributed by atoms with Gasteiger partial charge in [-0.3, -0.25) is 4.79 Å². The molecule has 4 aromatic carbocycles. The maximum absolute atomic E-state index is 13.1. The van der Waals surface area contributed by atoms with Gasteiger partial charge in [-0.2, -0.15) is 0 Å². The van der Waals surface area contributed by atoms with Gasteiger partial charge in [0.05, 0.1) is 13.2 Å². The molecule has 150 valence electrons. The summed E-state index contributed by atoms with van der Waals surface area (Å²) in [4.78, 5) is 13.1. The fourth-order valence-electron chi connectivity index (χ4n) is 3.56. The van der Waals surface area contributed by atoms with Crippen molar-refractivity contribution in [1.82, 2.24) is 5.32 Å². The van der Waals surface area contributed by atoms with Crippen molar-refractivity contribution < 1.29 is 14.6 Å². The molecular weight excluding hydrogens is 398 g/mol. The van der Waals surface area contributed by atoms with E-state index in [-0.39, 0.29) is 11.7 Å². The number of nitrogens with one attached hydrogen (secondary N) is 1. The molecule has 0 fully saturated rings. The summed E-state index contributed by atoms with van der Waals surface area (Å²) < 4.78 is 5.17. The summed E-state index contributed by atoms with van der Waals surface area (Å²) in [5.74, 6) is 0.476. The first-order valence-electron chi connectivity index (χ1n) is 9.48. The maximum atomic E-state index is 13.1. The highest BCUT2D eigenvalue weighted by atomic mass is 35.5. The Bertz CT molecular complexity index is 1200. The number of hydrogen-bond acceptors (Lipinski definition) is 3. The molecule has 0 aliphatic rings. The lowest BCUT2D eigenvalue weighted by atomic mass is 9.92. The Morgan fingerprint density at radius 3 is 2.37 bits per heavy atom. The number of amides is 1. The van der Waals surface area contributed by atoms with Gasteiger partial charge in [0, 0.05) is 16.1 Å². The summed E-state index contributed by atoms with van der Waals surface area (Å²) in [5, 5.41) is 16.1. The highest BCUT2D eigenvalue weighted by Crippen LogP contribution is 2.38. The van der Waals surface area contributed by atoms with Crippen LogP contribution in [0.15, 0.2) is 84.9 Å². The molecule has 2 N–H and O–H groups in total. The van der Waals surface area contributed by atoms with Crippen LogP contribution in [0.3, 0.4) is 0 Å². The van der Waals surface area contributed by atoms with Gasteiger partial charge in [-0.15, -0.1) is 0 Å². The molecule has 0 aromatic heterocycles. The lowest BCUT2D eigenvalue weighted by Crippen LogP contribution is -2.29. The predicted molar refractivity (Wildman–Crippen MR) is 119 cm³/mol. The van der Waals surface area contributed by atoms with Crippen LogP contribution in [0.25, 0.3) is 10.8 Å². The number of phenolic OH excluding ortho intramolecular Hbond substituents is 1. The van der Waals surface area contributed by atoms with Crippen LogP contribution in [0.2, 0.25) is 5.02 Å². The molecule has 0 saturated heterocycles. The van der Waals surface area contributed by atoms with Crippen LogP contribution in [0.5, 0.6) is 11.5 Å². The Balaban J connectivity index is 1.83. The minimum Gasteiger partial charge on any atom is -0.508 e. The van der Waals surface area contributed by atoms with Crippen molar-refractivity contribution in [2.75, 3.05) is 7.11 Å². The van der Waals surface area contributed by atoms with E-state index in [1.165, 1.54) is 0 Å². The fourth-order valence-corrected chi connectivity index (χ4v) is 3.80. The number of hydrogen-bond donors (Lipinski definition) is 2. The molecule has 0 spiro atoms. The van der Waals surface area contributed by atoms with E-state index in [2.05, 4.69) is 5.32 Å². The number of halogens is 1. The second-order valence-corrected chi connectivity index (χ2v) is 7.28. The van der Waals surface area contributed by atoms with Gasteiger partial charge in [-0.1, -0.05) is 60.1 Å². The van der Waals surface area contributed by atoms with Gasteiger partial charge >= 0.3 is 0 Å². The van der Waals surface area contributed by atoms with E-state index in [1.807, 2.05) is 48.5 Å². The van der Waals surface area contributed by atoms with E-state index in [9.17, 15) is 9.90 Å². The molecule has 0 bridgehead atoms. The number of fused-ring (bicyclic) bond motifs is 1. The molecule has 0 radical (unpaired) electrons. The minimum atomic E-state index is -0.639. The third kappa shape index (κ3) is 3.82. The number of ether oxygens (including phenoxy) is 1. The number of aromatic hydroxyl groups is 1. The first-order valence-corrected chi connectivity index (χ1v) is 9.86. The number of methoxy groups -OCH3 is 1. The monoisotopic (exact) mass is 417 g/mol. The van der Waals surface area contributed by atoms with Crippen molar-refractivity contribution in [1.29, 1.82) is 0 Å². The number of rotatable bonds is 5. The first kappa shape index (κ1) is 19.8. The summed E-state index contributed by atoms with van der Waals surface area (Å²) in [7, 11) is 1.58. The van der Waals surface area contributed by atoms with Gasteiger partial charge < -0.3 is 15.2 Å². The molecule has 1 amide bonds. The van der Waals surface area contributed by atoms with E-state index in [0.717, 1.165) is 10.8 Å². The van der Waals surface area contributed by atoms with Crippen molar-refractivity contribution in [3.63, 3.8) is 0 Å². The van der Waals surface area contributed by atoms with Crippen LogP contribution < -0.4 is 10.1 Å². The van der Waals surface area contributed by atoms with Gasteiger partial charge in [-0.25, -0.2) is 0 Å². The quantitative estimate of drug-likeness (QED) is 0.436. The van der Waals surface area contributed by atoms with E-state index < -0.39 is 6.04 Å². The molecule has 4 nitrogen and oxygen atoms in total. The highest BCUT2D eigenvalue weighted by Gasteiger charge is 2.24. The zero-order chi connectivity index (χ0) is 21.1. The van der Waals surface area contributed by atoms with Gasteiger partial charge in [0.1, 0.15) is 11.5 Å². The van der Waals surface area contributed by atoms with Crippen LogP contribution in [-0.2, 0) is 0 Å². The topological polar surface area (TPSA) is 58.6 Å². The first-order chi connectivity index (χ1) is 14.6. The molecule has 4 aromatic rings. The Labute approximate surface area is 179 Å². The molecule has 0 saturated carbocycles. The average molecular weight is 418 g/mol. The average Bonchev–Trinajstić information content (AvgIpc) is 2.78. The molecule has 5 heteroatoms. The molecule has 0 unspecified atom stereocenters. The predicted octanol–water partition coefficient (Wildman–Crippen LogP) is 5.73. The van der Waals surface area contributed by atoms with Crippen molar-refractivity contribution in [3.05, 3.63) is 107 Å². The van der Waals surface area contributed by atoms with Crippen LogP contribution >= 0.6 is 11.6 Å². The van der Waals surface area contributed by atoms with Crippen LogP contribution in [-0.4, -0.2) is 18.1 Å². The van der Waals surface area contributed by atoms with E-state index >= 15 is 0 Å². The Kier molecular flexibility index (Phi) is 5.59. The number of carbonyl (C=O) groups excluding carboxylic acids is 1.